The van der Waals surface area contributed by atoms with E-state index in [-0.39, 0.29) is 13.0 Å². The molecule has 6 N–H and O–H groups in total. The minimum Gasteiger partial charge on any atom is -0.457 e. The van der Waals surface area contributed by atoms with Gasteiger partial charge < -0.3 is 39.9 Å². The van der Waals surface area contributed by atoms with Gasteiger partial charge in [0, 0.05) is 13.0 Å². The highest BCUT2D eigenvalue weighted by Crippen LogP contribution is 2.47. The number of unbranched alkanes of at least 4 members (excludes halogenated alkanes) is 25. The van der Waals surface area contributed by atoms with Gasteiger partial charge in [-0.2, -0.15) is 0 Å². The van der Waals surface area contributed by atoms with Gasteiger partial charge in [0.25, 0.3) is 0 Å². The summed E-state index contributed by atoms with van der Waals surface area (Å²) in [6.45, 7) is 4.23. The molecule has 0 amide bonds. The van der Waals surface area contributed by atoms with E-state index in [0.717, 1.165) is 83.5 Å². The smallest absolute Gasteiger partial charge is 0.457 e. The van der Waals surface area contributed by atoms with E-state index in [2.05, 4.69) is 74.6 Å². The molecule has 0 saturated heterocycles. The zero-order valence-corrected chi connectivity index (χ0v) is 44.2. The first-order valence-corrected chi connectivity index (χ1v) is 29.1. The van der Waals surface area contributed by atoms with Crippen LogP contribution in [0.25, 0.3) is 0 Å². The van der Waals surface area contributed by atoms with Crippen LogP contribution in [0.3, 0.4) is 0 Å². The van der Waals surface area contributed by atoms with E-state index in [1.54, 1.807) is 0 Å². The number of aliphatic hydroxyl groups excluding tert-OH is 5. The highest BCUT2D eigenvalue weighted by atomic mass is 31.2. The van der Waals surface area contributed by atoms with Crippen LogP contribution in [0.5, 0.6) is 0 Å². The molecule has 1 saturated carbocycles. The third-order valence-corrected chi connectivity index (χ3v) is 13.6. The minimum atomic E-state index is -5.03. The monoisotopic (exact) mass is 997 g/mol. The number of phosphoric acid groups is 1. The van der Waals surface area contributed by atoms with Crippen molar-refractivity contribution >= 4 is 13.8 Å². The first-order valence-electron chi connectivity index (χ1n) is 27.6. The van der Waals surface area contributed by atoms with Crippen molar-refractivity contribution in [1.82, 2.24) is 0 Å². The van der Waals surface area contributed by atoms with E-state index in [9.17, 15) is 39.8 Å². The van der Waals surface area contributed by atoms with E-state index in [1.165, 1.54) is 116 Å². The molecule has 6 unspecified atom stereocenters. The van der Waals surface area contributed by atoms with Crippen LogP contribution in [0.4, 0.5) is 0 Å². The molecule has 0 bridgehead atoms. The van der Waals surface area contributed by atoms with Crippen molar-refractivity contribution in [3.63, 3.8) is 0 Å². The van der Waals surface area contributed by atoms with E-state index in [4.69, 9.17) is 18.5 Å². The van der Waals surface area contributed by atoms with Gasteiger partial charge in [0.2, 0.25) is 0 Å². The standard InChI is InChI=1S/C56H101O12P/c1-3-5-7-9-11-13-15-17-19-21-23-24-25-26-27-28-30-32-34-36-38-40-42-44-46-65-47-49(48-66-69(63,64)68-56-54(61)52(59)51(58)53(60)55(56)62)67-50(57)45-43-41-39-37-35-33-31-29-22-20-18-16-14-12-10-8-6-4-2/h14-17,20-23,25-26,49,51-56,58-62H,3-13,18-19,24,27-48H2,1-2H3,(H,63,64)/b16-14-,17-15-,22-20-,23-21-,26-25-. The van der Waals surface area contributed by atoms with Gasteiger partial charge in [0.15, 0.2) is 0 Å². The Bertz CT molecular complexity index is 1370. The number of hydrogen-bond donors (Lipinski definition) is 6. The van der Waals surface area contributed by atoms with E-state index < -0.39 is 63.1 Å². The minimum absolute atomic E-state index is 0.0854. The number of carbonyl (C=O) groups excluding carboxylic acids is 1. The van der Waals surface area contributed by atoms with Crippen LogP contribution in [0.1, 0.15) is 226 Å². The quantitative estimate of drug-likeness (QED) is 0.0147. The maximum absolute atomic E-state index is 12.9. The zero-order chi connectivity index (χ0) is 50.5. The lowest BCUT2D eigenvalue weighted by Crippen LogP contribution is -2.64. The summed E-state index contributed by atoms with van der Waals surface area (Å²) in [6, 6.07) is 0. The molecule has 1 aliphatic carbocycles. The van der Waals surface area contributed by atoms with Crippen molar-refractivity contribution in [2.75, 3.05) is 19.8 Å². The number of carbonyl (C=O) groups is 1. The van der Waals surface area contributed by atoms with Crippen LogP contribution < -0.4 is 0 Å². The summed E-state index contributed by atoms with van der Waals surface area (Å²) in [6.07, 6.45) is 47.1. The molecule has 0 aromatic carbocycles. The van der Waals surface area contributed by atoms with Crippen molar-refractivity contribution < 1.29 is 58.3 Å². The lowest BCUT2D eigenvalue weighted by molar-refractivity contribution is -0.220. The molecule has 0 spiro atoms. The summed E-state index contributed by atoms with van der Waals surface area (Å²) in [5.41, 5.74) is 0. The average molecular weight is 997 g/mol. The summed E-state index contributed by atoms with van der Waals surface area (Å²) in [5, 5.41) is 50.4. The molecule has 1 aliphatic rings. The lowest BCUT2D eigenvalue weighted by Gasteiger charge is -2.41. The molecule has 69 heavy (non-hydrogen) atoms. The molecule has 1 fully saturated rings. The summed E-state index contributed by atoms with van der Waals surface area (Å²) in [5.74, 6) is -0.487. The lowest BCUT2D eigenvalue weighted by atomic mass is 9.85. The number of rotatable bonds is 47. The van der Waals surface area contributed by atoms with Gasteiger partial charge in [-0.05, 0) is 83.5 Å². The maximum Gasteiger partial charge on any atom is 0.472 e. The Kier molecular flexibility index (Phi) is 43.2. The Balaban J connectivity index is 2.32. The number of esters is 1. The molecule has 0 aliphatic heterocycles. The highest BCUT2D eigenvalue weighted by Gasteiger charge is 2.51. The number of allylic oxidation sites excluding steroid dienone is 10. The van der Waals surface area contributed by atoms with Crippen molar-refractivity contribution in [3.8, 4) is 0 Å². The van der Waals surface area contributed by atoms with Crippen LogP contribution in [0.15, 0.2) is 60.8 Å². The molecule has 0 aromatic heterocycles. The fourth-order valence-corrected chi connectivity index (χ4v) is 9.19. The molecule has 402 valence electrons. The zero-order valence-electron chi connectivity index (χ0n) is 43.4. The predicted octanol–water partition coefficient (Wildman–Crippen LogP) is 12.9. The second-order valence-corrected chi connectivity index (χ2v) is 20.5. The van der Waals surface area contributed by atoms with Crippen LogP contribution in [0.2, 0.25) is 0 Å². The summed E-state index contributed by atoms with van der Waals surface area (Å²) in [4.78, 5) is 23.3. The van der Waals surface area contributed by atoms with E-state index in [0.29, 0.717) is 13.0 Å². The Morgan fingerprint density at radius 1 is 0.464 bits per heavy atom. The SMILES string of the molecule is CCCCCC/C=C\C/C=C\CCCCCCCCCC(=O)OC(COCCCCCCCCCCC/C=C\C/C=C\C/C=C\CCCCCCC)COP(=O)(O)OC1C(O)C(O)C(O)C(O)C1O. The van der Waals surface area contributed by atoms with Crippen LogP contribution >= 0.6 is 7.82 Å². The molecule has 6 atom stereocenters. The molecular formula is C56H101O12P. The van der Waals surface area contributed by atoms with Gasteiger partial charge in [0.05, 0.1) is 13.2 Å². The summed E-state index contributed by atoms with van der Waals surface area (Å²) < 4.78 is 34.4. The number of phosphoric ester groups is 1. The van der Waals surface area contributed by atoms with Gasteiger partial charge in [-0.25, -0.2) is 4.57 Å². The third-order valence-electron chi connectivity index (χ3n) is 12.6. The maximum atomic E-state index is 12.9. The van der Waals surface area contributed by atoms with Crippen molar-refractivity contribution in [1.29, 1.82) is 0 Å². The van der Waals surface area contributed by atoms with Crippen LogP contribution in [-0.2, 0) is 27.9 Å². The topological polar surface area (TPSA) is 192 Å². The van der Waals surface area contributed by atoms with Gasteiger partial charge >= 0.3 is 13.8 Å². The second-order valence-electron chi connectivity index (χ2n) is 19.1. The van der Waals surface area contributed by atoms with Gasteiger partial charge in [0.1, 0.15) is 42.7 Å². The fourth-order valence-electron chi connectivity index (χ4n) is 8.22. The molecular weight excluding hydrogens is 896 g/mol. The second kappa shape index (κ2) is 45.9. The predicted molar refractivity (Wildman–Crippen MR) is 281 cm³/mol. The van der Waals surface area contributed by atoms with Crippen molar-refractivity contribution in [2.45, 2.75) is 268 Å². The molecule has 13 heteroatoms. The van der Waals surface area contributed by atoms with Crippen LogP contribution in [0, 0.1) is 0 Å². The van der Waals surface area contributed by atoms with Crippen molar-refractivity contribution in [3.05, 3.63) is 60.8 Å². The molecule has 0 aromatic rings. The van der Waals surface area contributed by atoms with Gasteiger partial charge in [-0.1, -0.05) is 197 Å². The number of aliphatic hydroxyl groups is 5. The fraction of sp³-hybridized carbons (Fsp3) is 0.804. The molecule has 0 radical (unpaired) electrons. The molecule has 12 nitrogen and oxygen atoms in total. The molecule has 1 rings (SSSR count). The molecule has 0 heterocycles. The largest absolute Gasteiger partial charge is 0.472 e. The number of ether oxygens (including phenoxy) is 2. The van der Waals surface area contributed by atoms with Gasteiger partial charge in [-0.15, -0.1) is 0 Å². The summed E-state index contributed by atoms with van der Waals surface area (Å²) >= 11 is 0. The Morgan fingerprint density at radius 3 is 1.25 bits per heavy atom. The highest BCUT2D eigenvalue weighted by molar-refractivity contribution is 7.47. The number of hydrogen-bond acceptors (Lipinski definition) is 11. The Hall–Kier alpha value is -1.96. The first kappa shape index (κ1) is 65.1. The first-order chi connectivity index (χ1) is 33.5. The Morgan fingerprint density at radius 2 is 0.812 bits per heavy atom. The van der Waals surface area contributed by atoms with Gasteiger partial charge in [-0.3, -0.25) is 13.8 Å². The van der Waals surface area contributed by atoms with E-state index >= 15 is 0 Å². The summed E-state index contributed by atoms with van der Waals surface area (Å²) in [7, 11) is -5.03. The average Bonchev–Trinajstić information content (AvgIpc) is 3.34. The Labute approximate surface area is 419 Å². The third kappa shape index (κ3) is 37.5. The van der Waals surface area contributed by atoms with Crippen molar-refractivity contribution in [2.24, 2.45) is 0 Å². The van der Waals surface area contributed by atoms with Crippen LogP contribution in [-0.4, -0.2) is 98.9 Å². The normalized spacial score (nSPS) is 21.4. The van der Waals surface area contributed by atoms with E-state index in [1.807, 2.05) is 0 Å².